The van der Waals surface area contributed by atoms with Crippen molar-refractivity contribution in [2.45, 2.75) is 19.8 Å². The van der Waals surface area contributed by atoms with Crippen LogP contribution in [0.1, 0.15) is 18.9 Å². The van der Waals surface area contributed by atoms with Gasteiger partial charge in [0.15, 0.2) is 0 Å². The Hall–Kier alpha value is -1.71. The predicted molar refractivity (Wildman–Crippen MR) is 59.0 cm³/mol. The first-order valence-corrected chi connectivity index (χ1v) is 5.05. The molecule has 1 amide bonds. The van der Waals surface area contributed by atoms with Gasteiger partial charge in [-0.05, 0) is 18.1 Å². The molecule has 0 radical (unpaired) electrons. The summed E-state index contributed by atoms with van der Waals surface area (Å²) in [6, 6.07) is 3.60. The standard InChI is InChI=1S/C11H14N2O2/c1-2-3-15-10-6-9-7(4-8(10)12)5-11(14)13-9/h4,6H,2-3,5,12H2,1H3,(H,13,14). The molecule has 80 valence electrons. The van der Waals surface area contributed by atoms with E-state index >= 15 is 0 Å². The number of ether oxygens (including phenoxy) is 1. The van der Waals surface area contributed by atoms with E-state index in [0.717, 1.165) is 17.7 Å². The molecule has 0 saturated heterocycles. The van der Waals surface area contributed by atoms with E-state index in [1.54, 1.807) is 12.1 Å². The molecule has 0 bridgehead atoms. The van der Waals surface area contributed by atoms with Gasteiger partial charge in [0.25, 0.3) is 0 Å². The molecule has 1 aliphatic heterocycles. The third-order valence-electron chi connectivity index (χ3n) is 2.32. The first-order valence-electron chi connectivity index (χ1n) is 5.05. The maximum atomic E-state index is 11.1. The predicted octanol–water partition coefficient (Wildman–Crippen LogP) is 1.55. The highest BCUT2D eigenvalue weighted by molar-refractivity contribution is 6.00. The molecule has 1 heterocycles. The van der Waals surface area contributed by atoms with Crippen molar-refractivity contribution in [1.29, 1.82) is 0 Å². The number of hydrogen-bond donors (Lipinski definition) is 2. The van der Waals surface area contributed by atoms with Gasteiger partial charge in [-0.3, -0.25) is 4.79 Å². The molecule has 0 unspecified atom stereocenters. The molecule has 1 aromatic carbocycles. The second-order valence-corrected chi connectivity index (χ2v) is 3.62. The van der Waals surface area contributed by atoms with Crippen LogP contribution < -0.4 is 15.8 Å². The second kappa shape index (κ2) is 3.81. The van der Waals surface area contributed by atoms with Crippen LogP contribution in [-0.2, 0) is 11.2 Å². The highest BCUT2D eigenvalue weighted by Gasteiger charge is 2.19. The molecule has 1 aliphatic rings. The molecular formula is C11H14N2O2. The SMILES string of the molecule is CCCOc1cc2c(cc1N)CC(=O)N2. The van der Waals surface area contributed by atoms with Crippen LogP contribution >= 0.6 is 0 Å². The molecule has 15 heavy (non-hydrogen) atoms. The van der Waals surface area contributed by atoms with E-state index < -0.39 is 0 Å². The summed E-state index contributed by atoms with van der Waals surface area (Å²) in [5, 5.41) is 2.77. The fourth-order valence-corrected chi connectivity index (χ4v) is 1.61. The van der Waals surface area contributed by atoms with Crippen molar-refractivity contribution in [1.82, 2.24) is 0 Å². The Morgan fingerprint density at radius 3 is 3.07 bits per heavy atom. The molecular weight excluding hydrogens is 192 g/mol. The Morgan fingerprint density at radius 1 is 1.53 bits per heavy atom. The van der Waals surface area contributed by atoms with Gasteiger partial charge in [0.05, 0.1) is 18.7 Å². The first kappa shape index (κ1) is 9.83. The lowest BCUT2D eigenvalue weighted by Crippen LogP contribution is -2.03. The van der Waals surface area contributed by atoms with Crippen molar-refractivity contribution in [2.75, 3.05) is 17.7 Å². The molecule has 0 aromatic heterocycles. The van der Waals surface area contributed by atoms with E-state index in [4.69, 9.17) is 10.5 Å². The molecule has 0 fully saturated rings. The minimum absolute atomic E-state index is 0.0111. The molecule has 0 aliphatic carbocycles. The van der Waals surface area contributed by atoms with Crippen LogP contribution in [0, 0.1) is 0 Å². The minimum atomic E-state index is 0.0111. The molecule has 4 nitrogen and oxygen atoms in total. The highest BCUT2D eigenvalue weighted by Crippen LogP contribution is 2.32. The van der Waals surface area contributed by atoms with Gasteiger partial charge in [-0.1, -0.05) is 6.92 Å². The third kappa shape index (κ3) is 1.88. The lowest BCUT2D eigenvalue weighted by Gasteiger charge is -2.09. The van der Waals surface area contributed by atoms with Crippen molar-refractivity contribution >= 4 is 17.3 Å². The van der Waals surface area contributed by atoms with Crippen molar-refractivity contribution in [2.24, 2.45) is 0 Å². The molecule has 4 heteroatoms. The number of carbonyl (C=O) groups excluding carboxylic acids is 1. The van der Waals surface area contributed by atoms with Gasteiger partial charge in [0.2, 0.25) is 5.91 Å². The lowest BCUT2D eigenvalue weighted by molar-refractivity contribution is -0.115. The van der Waals surface area contributed by atoms with Gasteiger partial charge in [-0.25, -0.2) is 0 Å². The van der Waals surface area contributed by atoms with Crippen molar-refractivity contribution in [3.05, 3.63) is 17.7 Å². The average molecular weight is 206 g/mol. The summed E-state index contributed by atoms with van der Waals surface area (Å²) in [5.41, 5.74) is 8.18. The van der Waals surface area contributed by atoms with E-state index in [9.17, 15) is 4.79 Å². The molecule has 0 saturated carbocycles. The fraction of sp³-hybridized carbons (Fsp3) is 0.364. The van der Waals surface area contributed by atoms with Gasteiger partial charge < -0.3 is 15.8 Å². The summed E-state index contributed by atoms with van der Waals surface area (Å²) < 4.78 is 5.47. The Labute approximate surface area is 88.4 Å². The Bertz CT molecular complexity index is 402. The zero-order chi connectivity index (χ0) is 10.8. The summed E-state index contributed by atoms with van der Waals surface area (Å²) in [7, 11) is 0. The topological polar surface area (TPSA) is 64.3 Å². The van der Waals surface area contributed by atoms with Crippen LogP contribution in [-0.4, -0.2) is 12.5 Å². The Kier molecular flexibility index (Phi) is 2.49. The van der Waals surface area contributed by atoms with E-state index in [2.05, 4.69) is 5.32 Å². The van der Waals surface area contributed by atoms with Gasteiger partial charge in [-0.2, -0.15) is 0 Å². The summed E-state index contributed by atoms with van der Waals surface area (Å²) in [5.74, 6) is 0.662. The number of hydrogen-bond acceptors (Lipinski definition) is 3. The van der Waals surface area contributed by atoms with E-state index in [1.807, 2.05) is 6.92 Å². The van der Waals surface area contributed by atoms with Crippen LogP contribution in [0.5, 0.6) is 5.75 Å². The zero-order valence-electron chi connectivity index (χ0n) is 8.67. The number of amides is 1. The van der Waals surface area contributed by atoms with Gasteiger partial charge in [0.1, 0.15) is 5.75 Å². The normalized spacial score (nSPS) is 13.5. The summed E-state index contributed by atoms with van der Waals surface area (Å²) in [4.78, 5) is 11.1. The fourth-order valence-electron chi connectivity index (χ4n) is 1.61. The number of anilines is 2. The quantitative estimate of drug-likeness (QED) is 0.737. The van der Waals surface area contributed by atoms with E-state index in [1.165, 1.54) is 0 Å². The molecule has 3 N–H and O–H groups in total. The van der Waals surface area contributed by atoms with Crippen LogP contribution in [0.25, 0.3) is 0 Å². The lowest BCUT2D eigenvalue weighted by atomic mass is 10.1. The smallest absolute Gasteiger partial charge is 0.228 e. The van der Waals surface area contributed by atoms with E-state index in [0.29, 0.717) is 24.5 Å². The van der Waals surface area contributed by atoms with Crippen molar-refractivity contribution < 1.29 is 9.53 Å². The number of nitrogens with two attached hydrogens (primary N) is 1. The monoisotopic (exact) mass is 206 g/mol. The van der Waals surface area contributed by atoms with Crippen molar-refractivity contribution in [3.8, 4) is 5.75 Å². The number of carbonyl (C=O) groups is 1. The average Bonchev–Trinajstić information content (AvgIpc) is 2.53. The summed E-state index contributed by atoms with van der Waals surface area (Å²) in [6.07, 6.45) is 1.34. The molecule has 0 spiro atoms. The van der Waals surface area contributed by atoms with Crippen LogP contribution in [0.2, 0.25) is 0 Å². The van der Waals surface area contributed by atoms with Crippen LogP contribution in [0.15, 0.2) is 12.1 Å². The Morgan fingerprint density at radius 2 is 2.33 bits per heavy atom. The van der Waals surface area contributed by atoms with Gasteiger partial charge in [-0.15, -0.1) is 0 Å². The van der Waals surface area contributed by atoms with Crippen LogP contribution in [0.4, 0.5) is 11.4 Å². The number of fused-ring (bicyclic) bond motifs is 1. The molecule has 2 rings (SSSR count). The number of nitrogen functional groups attached to an aromatic ring is 1. The largest absolute Gasteiger partial charge is 0.491 e. The molecule has 0 atom stereocenters. The zero-order valence-corrected chi connectivity index (χ0v) is 8.67. The van der Waals surface area contributed by atoms with Crippen molar-refractivity contribution in [3.63, 3.8) is 0 Å². The first-order chi connectivity index (χ1) is 7.20. The third-order valence-corrected chi connectivity index (χ3v) is 2.32. The minimum Gasteiger partial charge on any atom is -0.491 e. The number of benzene rings is 1. The van der Waals surface area contributed by atoms with Crippen LogP contribution in [0.3, 0.4) is 0 Å². The maximum absolute atomic E-state index is 11.1. The molecule has 1 aromatic rings. The summed E-state index contributed by atoms with van der Waals surface area (Å²) in [6.45, 7) is 2.67. The summed E-state index contributed by atoms with van der Waals surface area (Å²) >= 11 is 0. The maximum Gasteiger partial charge on any atom is 0.228 e. The van der Waals surface area contributed by atoms with Gasteiger partial charge in [0, 0.05) is 11.8 Å². The van der Waals surface area contributed by atoms with Gasteiger partial charge >= 0.3 is 0 Å². The van der Waals surface area contributed by atoms with E-state index in [-0.39, 0.29) is 5.91 Å². The highest BCUT2D eigenvalue weighted by atomic mass is 16.5. The number of rotatable bonds is 3. The Balaban J connectivity index is 2.27. The number of nitrogens with one attached hydrogen (secondary N) is 1. The second-order valence-electron chi connectivity index (χ2n) is 3.62.